The summed E-state index contributed by atoms with van der Waals surface area (Å²) in [4.78, 5) is 19.7. The van der Waals surface area contributed by atoms with Crippen LogP contribution in [0.1, 0.15) is 25.7 Å². The molecular formula is C20H21N7. The fourth-order valence-electron chi connectivity index (χ4n) is 5.02. The van der Waals surface area contributed by atoms with Crippen LogP contribution in [0.25, 0.3) is 27.8 Å². The van der Waals surface area contributed by atoms with Gasteiger partial charge in [-0.05, 0) is 43.4 Å². The van der Waals surface area contributed by atoms with Crippen LogP contribution in [0.15, 0.2) is 43.1 Å². The van der Waals surface area contributed by atoms with Gasteiger partial charge in [0.15, 0.2) is 5.65 Å². The lowest BCUT2D eigenvalue weighted by atomic mass is 9.98. The van der Waals surface area contributed by atoms with Crippen molar-refractivity contribution in [2.45, 2.75) is 43.8 Å². The van der Waals surface area contributed by atoms with Crippen LogP contribution < -0.4 is 10.6 Å². The fourth-order valence-corrected chi connectivity index (χ4v) is 5.02. The molecular weight excluding hydrogens is 338 g/mol. The van der Waals surface area contributed by atoms with Gasteiger partial charge in [0.1, 0.15) is 5.65 Å². The van der Waals surface area contributed by atoms with Crippen molar-refractivity contribution in [1.82, 2.24) is 24.3 Å². The van der Waals surface area contributed by atoms with Crippen molar-refractivity contribution in [3.05, 3.63) is 43.1 Å². The zero-order chi connectivity index (χ0) is 18.0. The van der Waals surface area contributed by atoms with Crippen LogP contribution in [0.2, 0.25) is 0 Å². The lowest BCUT2D eigenvalue weighted by Gasteiger charge is -2.38. The standard InChI is InChI=1S/C20H21N7/c21-13-9-14-1-2-15(10-13)27(14)20-25-18-17(19-23-7-8-26(19)20)16(11-24-18)12-3-5-22-6-4-12/h3-8,11,13-15,24H,1-2,9-10,21H2/t13?,14-,15?/m0/s1. The Hall–Kier alpha value is -2.93. The van der Waals surface area contributed by atoms with E-state index >= 15 is 0 Å². The fraction of sp³-hybridized carbons (Fsp3) is 0.350. The van der Waals surface area contributed by atoms with Gasteiger partial charge in [0, 0.05) is 54.7 Å². The molecule has 2 fully saturated rings. The molecule has 27 heavy (non-hydrogen) atoms. The third-order valence-electron chi connectivity index (χ3n) is 6.14. The second kappa shape index (κ2) is 5.53. The Balaban J connectivity index is 1.57. The maximum absolute atomic E-state index is 6.27. The third kappa shape index (κ3) is 2.15. The lowest BCUT2D eigenvalue weighted by molar-refractivity contribution is 0.408. The normalized spacial score (nSPS) is 24.9. The van der Waals surface area contributed by atoms with Gasteiger partial charge in [0.05, 0.1) is 5.39 Å². The van der Waals surface area contributed by atoms with Crippen molar-refractivity contribution in [2.75, 3.05) is 4.90 Å². The number of nitrogens with zero attached hydrogens (tertiary/aromatic N) is 5. The number of hydrogen-bond donors (Lipinski definition) is 2. The van der Waals surface area contributed by atoms with Gasteiger partial charge in [0.2, 0.25) is 5.95 Å². The van der Waals surface area contributed by atoms with Crippen LogP contribution in [-0.2, 0) is 0 Å². The number of piperidine rings is 1. The molecule has 0 amide bonds. The summed E-state index contributed by atoms with van der Waals surface area (Å²) in [7, 11) is 0. The Morgan fingerprint density at radius 1 is 1.07 bits per heavy atom. The van der Waals surface area contributed by atoms with Crippen LogP contribution in [-0.4, -0.2) is 42.5 Å². The number of pyridine rings is 1. The molecule has 4 aromatic heterocycles. The first kappa shape index (κ1) is 15.2. The SMILES string of the molecule is NC1CC2CC[C@@H](C1)N2c1nc2[nH]cc(-c3ccncc3)c2c2nccn12. The second-order valence-electron chi connectivity index (χ2n) is 7.72. The first-order valence-corrected chi connectivity index (χ1v) is 9.58. The Bertz CT molecular complexity index is 1120. The molecule has 6 heterocycles. The quantitative estimate of drug-likeness (QED) is 0.574. The molecule has 2 unspecified atom stereocenters. The molecule has 3 N–H and O–H groups in total. The van der Waals surface area contributed by atoms with Crippen LogP contribution in [0.5, 0.6) is 0 Å². The van der Waals surface area contributed by atoms with Gasteiger partial charge in [-0.3, -0.25) is 9.38 Å². The number of aromatic nitrogens is 5. The Morgan fingerprint density at radius 2 is 1.85 bits per heavy atom. The van der Waals surface area contributed by atoms with Crippen molar-refractivity contribution in [3.8, 4) is 11.1 Å². The summed E-state index contributed by atoms with van der Waals surface area (Å²) < 4.78 is 2.14. The molecule has 3 atom stereocenters. The monoisotopic (exact) mass is 359 g/mol. The van der Waals surface area contributed by atoms with E-state index in [1.54, 1.807) is 0 Å². The number of imidazole rings is 1. The topological polar surface area (TPSA) is 88.1 Å². The highest BCUT2D eigenvalue weighted by Crippen LogP contribution is 2.40. The van der Waals surface area contributed by atoms with E-state index in [-0.39, 0.29) is 0 Å². The maximum Gasteiger partial charge on any atom is 0.213 e. The number of nitrogens with one attached hydrogen (secondary N) is 1. The summed E-state index contributed by atoms with van der Waals surface area (Å²) in [5.74, 6) is 0.984. The van der Waals surface area contributed by atoms with Crippen molar-refractivity contribution >= 4 is 22.6 Å². The third-order valence-corrected chi connectivity index (χ3v) is 6.14. The molecule has 6 rings (SSSR count). The van der Waals surface area contributed by atoms with Gasteiger partial charge in [-0.25, -0.2) is 4.98 Å². The van der Waals surface area contributed by atoms with Crippen LogP contribution >= 0.6 is 0 Å². The summed E-state index contributed by atoms with van der Waals surface area (Å²) in [6.45, 7) is 0. The zero-order valence-corrected chi connectivity index (χ0v) is 14.9. The number of aromatic amines is 1. The van der Waals surface area contributed by atoms with E-state index in [0.29, 0.717) is 18.1 Å². The lowest BCUT2D eigenvalue weighted by Crippen LogP contribution is -2.48. The molecule has 136 valence electrons. The van der Waals surface area contributed by atoms with E-state index in [2.05, 4.69) is 24.3 Å². The van der Waals surface area contributed by atoms with Crippen molar-refractivity contribution in [1.29, 1.82) is 0 Å². The van der Waals surface area contributed by atoms with E-state index < -0.39 is 0 Å². The molecule has 7 nitrogen and oxygen atoms in total. The van der Waals surface area contributed by atoms with E-state index in [4.69, 9.17) is 10.7 Å². The molecule has 7 heteroatoms. The smallest absolute Gasteiger partial charge is 0.213 e. The van der Waals surface area contributed by atoms with Crippen LogP contribution in [0, 0.1) is 0 Å². The van der Waals surface area contributed by atoms with E-state index in [0.717, 1.165) is 46.6 Å². The van der Waals surface area contributed by atoms with Gasteiger partial charge in [-0.2, -0.15) is 4.98 Å². The van der Waals surface area contributed by atoms with Crippen molar-refractivity contribution in [2.24, 2.45) is 5.73 Å². The zero-order valence-electron chi connectivity index (χ0n) is 14.9. The number of rotatable bonds is 2. The Morgan fingerprint density at radius 3 is 2.63 bits per heavy atom. The minimum absolute atomic E-state index is 0.310. The molecule has 0 saturated carbocycles. The van der Waals surface area contributed by atoms with Gasteiger partial charge < -0.3 is 15.6 Å². The van der Waals surface area contributed by atoms with E-state index in [1.165, 1.54) is 12.8 Å². The Kier molecular flexibility index (Phi) is 3.11. The van der Waals surface area contributed by atoms with Gasteiger partial charge >= 0.3 is 0 Å². The number of H-pyrrole nitrogens is 1. The van der Waals surface area contributed by atoms with Gasteiger partial charge in [-0.1, -0.05) is 0 Å². The highest BCUT2D eigenvalue weighted by atomic mass is 15.4. The van der Waals surface area contributed by atoms with E-state index in [1.807, 2.05) is 43.1 Å². The molecule has 0 aliphatic carbocycles. The summed E-state index contributed by atoms with van der Waals surface area (Å²) in [6, 6.07) is 5.29. The van der Waals surface area contributed by atoms with Crippen LogP contribution in [0.4, 0.5) is 5.95 Å². The molecule has 2 bridgehead atoms. The van der Waals surface area contributed by atoms with Crippen molar-refractivity contribution in [3.63, 3.8) is 0 Å². The molecule has 2 aliphatic rings. The summed E-state index contributed by atoms with van der Waals surface area (Å²) in [6.07, 6.45) is 14.0. The Labute approximate surface area is 156 Å². The molecule has 2 aliphatic heterocycles. The number of hydrogen-bond acceptors (Lipinski definition) is 5. The minimum atomic E-state index is 0.310. The van der Waals surface area contributed by atoms with Crippen LogP contribution in [0.3, 0.4) is 0 Å². The summed E-state index contributed by atoms with van der Waals surface area (Å²) >= 11 is 0. The molecule has 0 aromatic carbocycles. The highest BCUT2D eigenvalue weighted by molar-refractivity contribution is 6.03. The predicted molar refractivity (Wildman–Crippen MR) is 105 cm³/mol. The number of anilines is 1. The minimum Gasteiger partial charge on any atom is -0.345 e. The molecule has 2 saturated heterocycles. The second-order valence-corrected chi connectivity index (χ2v) is 7.72. The number of fused-ring (bicyclic) bond motifs is 5. The average Bonchev–Trinajstić information content (AvgIpc) is 3.38. The number of nitrogens with two attached hydrogens (primary N) is 1. The van der Waals surface area contributed by atoms with Gasteiger partial charge in [0.25, 0.3) is 0 Å². The summed E-state index contributed by atoms with van der Waals surface area (Å²) in [5, 5.41) is 1.05. The van der Waals surface area contributed by atoms with Crippen molar-refractivity contribution < 1.29 is 0 Å². The average molecular weight is 359 g/mol. The molecule has 0 radical (unpaired) electrons. The largest absolute Gasteiger partial charge is 0.345 e. The predicted octanol–water partition coefficient (Wildman–Crippen LogP) is 2.73. The molecule has 0 spiro atoms. The summed E-state index contributed by atoms with van der Waals surface area (Å²) in [5.41, 5.74) is 10.3. The van der Waals surface area contributed by atoms with Gasteiger partial charge in [-0.15, -0.1) is 0 Å². The van der Waals surface area contributed by atoms with E-state index in [9.17, 15) is 0 Å². The first-order chi connectivity index (χ1) is 13.3. The first-order valence-electron chi connectivity index (χ1n) is 9.58. The highest BCUT2D eigenvalue weighted by Gasteiger charge is 2.41. The molecule has 4 aromatic rings. The maximum atomic E-state index is 6.27.